The van der Waals surface area contributed by atoms with Crippen molar-refractivity contribution in [2.45, 2.75) is 32.9 Å². The summed E-state index contributed by atoms with van der Waals surface area (Å²) in [5, 5.41) is 3.13. The molecule has 0 saturated carbocycles. The van der Waals surface area contributed by atoms with Gasteiger partial charge in [-0.3, -0.25) is 4.21 Å². The summed E-state index contributed by atoms with van der Waals surface area (Å²) in [6, 6.07) is 5.66. The molecule has 102 valence electrons. The van der Waals surface area contributed by atoms with Crippen LogP contribution in [-0.2, 0) is 17.7 Å². The van der Waals surface area contributed by atoms with E-state index in [4.69, 9.17) is 5.73 Å². The first-order valence-electron chi connectivity index (χ1n) is 5.92. The molecule has 0 amide bonds. The van der Waals surface area contributed by atoms with Gasteiger partial charge in [0.05, 0.1) is 6.17 Å². The van der Waals surface area contributed by atoms with Gasteiger partial charge in [-0.2, -0.15) is 0 Å². The maximum Gasteiger partial charge on any atom is 0.0868 e. The van der Waals surface area contributed by atoms with Gasteiger partial charge in [-0.15, -0.1) is 0 Å². The molecule has 1 aromatic rings. The summed E-state index contributed by atoms with van der Waals surface area (Å²) in [7, 11) is 1.52. The number of nitrogens with one attached hydrogen (secondary N) is 1. The Morgan fingerprint density at radius 1 is 1.56 bits per heavy atom. The van der Waals surface area contributed by atoms with E-state index in [-0.39, 0.29) is 6.17 Å². The zero-order valence-corrected chi connectivity index (χ0v) is 11.8. The van der Waals surface area contributed by atoms with E-state index in [0.717, 1.165) is 29.8 Å². The van der Waals surface area contributed by atoms with E-state index >= 15 is 0 Å². The van der Waals surface area contributed by atoms with Gasteiger partial charge in [-0.05, 0) is 37.1 Å². The number of nitrogens with two attached hydrogens (primary N) is 1. The van der Waals surface area contributed by atoms with Crippen LogP contribution in [0.2, 0.25) is 0 Å². The van der Waals surface area contributed by atoms with E-state index in [0.29, 0.717) is 0 Å². The van der Waals surface area contributed by atoms with E-state index in [2.05, 4.69) is 12.2 Å². The molecular weight excluding hydrogens is 250 g/mol. The third-order valence-electron chi connectivity index (χ3n) is 2.82. The number of benzene rings is 1. The van der Waals surface area contributed by atoms with Crippen LogP contribution in [0.3, 0.4) is 0 Å². The summed E-state index contributed by atoms with van der Waals surface area (Å²) in [5.74, 6) is 0. The summed E-state index contributed by atoms with van der Waals surface area (Å²) in [6.45, 7) is 3.88. The minimum absolute atomic E-state index is 0.304. The lowest BCUT2D eigenvalue weighted by Gasteiger charge is -2.27. The fraction of sp³-hybridized carbons (Fsp3) is 0.500. The Morgan fingerprint density at radius 3 is 2.78 bits per heavy atom. The van der Waals surface area contributed by atoms with Crippen LogP contribution in [0.1, 0.15) is 25.8 Å². The molecule has 0 aliphatic carbocycles. The fourth-order valence-corrected chi connectivity index (χ4v) is 1.95. The lowest BCUT2D eigenvalue weighted by Crippen LogP contribution is -2.36. The van der Waals surface area contributed by atoms with Crippen LogP contribution in [0.25, 0.3) is 0 Å². The number of aryl methyl sites for hydroxylation is 1. The molecule has 2 unspecified atom stereocenters. The predicted molar refractivity (Wildman–Crippen MR) is 74.6 cm³/mol. The van der Waals surface area contributed by atoms with Gasteiger partial charge in [0.25, 0.3) is 0 Å². The second-order valence-electron chi connectivity index (χ2n) is 4.25. The molecule has 0 bridgehead atoms. The van der Waals surface area contributed by atoms with Crippen LogP contribution in [0.4, 0.5) is 11.4 Å². The van der Waals surface area contributed by atoms with Gasteiger partial charge >= 0.3 is 0 Å². The Hall–Kier alpha value is -1.11. The molecule has 0 aliphatic rings. The molecule has 0 aromatic heterocycles. The largest absolute Gasteiger partial charge is 0.760 e. The fourth-order valence-electron chi connectivity index (χ4n) is 1.64. The van der Waals surface area contributed by atoms with Crippen LogP contribution in [-0.4, -0.2) is 26.3 Å². The van der Waals surface area contributed by atoms with Gasteiger partial charge in [0.2, 0.25) is 0 Å². The van der Waals surface area contributed by atoms with Gasteiger partial charge in [0.1, 0.15) is 0 Å². The molecule has 0 fully saturated rings. The minimum atomic E-state index is -2.23. The van der Waals surface area contributed by atoms with Crippen molar-refractivity contribution >= 4 is 22.6 Å². The number of hydrogen-bond donors (Lipinski definition) is 2. The molecule has 0 spiro atoms. The Kier molecular flexibility index (Phi) is 5.58. The second kappa shape index (κ2) is 6.72. The summed E-state index contributed by atoms with van der Waals surface area (Å²) < 4.78 is 22.9. The van der Waals surface area contributed by atoms with Gasteiger partial charge < -0.3 is 15.6 Å². The Labute approximate surface area is 111 Å². The minimum Gasteiger partial charge on any atom is -0.760 e. The highest BCUT2D eigenvalue weighted by Gasteiger charge is 2.09. The zero-order chi connectivity index (χ0) is 13.7. The number of anilines is 2. The summed E-state index contributed by atoms with van der Waals surface area (Å²) in [5.41, 5.74) is 8.61. The Balaban J connectivity index is 2.78. The molecule has 0 aliphatic heterocycles. The molecule has 0 radical (unpaired) electrons. The first-order chi connectivity index (χ1) is 8.45. The molecule has 18 heavy (non-hydrogen) atoms. The first kappa shape index (κ1) is 14.9. The zero-order valence-electron chi connectivity index (χ0n) is 11.0. The van der Waals surface area contributed by atoms with Crippen LogP contribution >= 0.6 is 0 Å². The molecular formula is C12H20N3O2S-. The topological polar surface area (TPSA) is 81.4 Å². The average Bonchev–Trinajstić information content (AvgIpc) is 2.32. The molecule has 2 atom stereocenters. The van der Waals surface area contributed by atoms with E-state index in [1.807, 2.05) is 18.2 Å². The summed E-state index contributed by atoms with van der Waals surface area (Å²) in [4.78, 5) is 0. The quantitative estimate of drug-likeness (QED) is 0.468. The lowest BCUT2D eigenvalue weighted by atomic mass is 10.1. The van der Waals surface area contributed by atoms with E-state index < -0.39 is 11.3 Å². The predicted octanol–water partition coefficient (Wildman–Crippen LogP) is 1.71. The lowest BCUT2D eigenvalue weighted by molar-refractivity contribution is 0.393. The standard InChI is InChI=1S/C12H21N3O2S/c1-4-5-10-8-11(6-7-12(10)13)14-9(2)15(3)18(16)17/h6-9,14H,4-5,13H2,1-3H3,(H,16,17)/p-1. The highest BCUT2D eigenvalue weighted by atomic mass is 32.2. The maximum atomic E-state index is 10.8. The third-order valence-corrected chi connectivity index (χ3v) is 3.60. The number of nitrogens with zero attached hydrogens (tertiary/aromatic N) is 1. The second-order valence-corrected chi connectivity index (χ2v) is 5.26. The first-order valence-corrected chi connectivity index (χ1v) is 6.96. The average molecular weight is 270 g/mol. The maximum absolute atomic E-state index is 10.8. The highest BCUT2D eigenvalue weighted by molar-refractivity contribution is 7.76. The van der Waals surface area contributed by atoms with Crippen molar-refractivity contribution in [1.29, 1.82) is 0 Å². The number of nitrogen functional groups attached to an aromatic ring is 1. The number of rotatable bonds is 6. The van der Waals surface area contributed by atoms with Gasteiger partial charge in [0.15, 0.2) is 0 Å². The van der Waals surface area contributed by atoms with Crippen molar-refractivity contribution in [3.05, 3.63) is 23.8 Å². The monoisotopic (exact) mass is 270 g/mol. The SMILES string of the molecule is CCCc1cc(NC(C)N(C)S(=O)[O-])ccc1N. The molecule has 5 nitrogen and oxygen atoms in total. The van der Waals surface area contributed by atoms with Crippen LogP contribution in [0.15, 0.2) is 18.2 Å². The highest BCUT2D eigenvalue weighted by Crippen LogP contribution is 2.20. The van der Waals surface area contributed by atoms with Gasteiger partial charge in [-0.25, -0.2) is 4.31 Å². The van der Waals surface area contributed by atoms with Crippen molar-refractivity contribution in [1.82, 2.24) is 4.31 Å². The Bertz CT molecular complexity index is 426. The van der Waals surface area contributed by atoms with Gasteiger partial charge in [-0.1, -0.05) is 13.3 Å². The van der Waals surface area contributed by atoms with Crippen molar-refractivity contribution in [2.24, 2.45) is 0 Å². The van der Waals surface area contributed by atoms with E-state index in [9.17, 15) is 8.76 Å². The van der Waals surface area contributed by atoms with Crippen molar-refractivity contribution < 1.29 is 8.76 Å². The number of hydrogen-bond acceptors (Lipinski definition) is 4. The normalized spacial score (nSPS) is 14.5. The summed E-state index contributed by atoms with van der Waals surface area (Å²) in [6.07, 6.45) is 1.63. The van der Waals surface area contributed by atoms with Crippen molar-refractivity contribution in [3.63, 3.8) is 0 Å². The summed E-state index contributed by atoms with van der Waals surface area (Å²) >= 11 is -2.23. The molecule has 3 N–H and O–H groups in total. The van der Waals surface area contributed by atoms with Crippen LogP contribution < -0.4 is 11.1 Å². The molecule has 1 rings (SSSR count). The smallest absolute Gasteiger partial charge is 0.0868 e. The molecule has 6 heteroatoms. The van der Waals surface area contributed by atoms with E-state index in [1.54, 1.807) is 6.92 Å². The van der Waals surface area contributed by atoms with Crippen LogP contribution in [0, 0.1) is 0 Å². The van der Waals surface area contributed by atoms with Crippen LogP contribution in [0.5, 0.6) is 0 Å². The third kappa shape index (κ3) is 3.97. The van der Waals surface area contributed by atoms with E-state index in [1.165, 1.54) is 11.4 Å². The molecule has 0 saturated heterocycles. The van der Waals surface area contributed by atoms with Gasteiger partial charge in [0, 0.05) is 29.7 Å². The Morgan fingerprint density at radius 2 is 2.22 bits per heavy atom. The van der Waals surface area contributed by atoms with Crippen molar-refractivity contribution in [2.75, 3.05) is 18.1 Å². The molecule has 0 heterocycles. The van der Waals surface area contributed by atoms with Crippen molar-refractivity contribution in [3.8, 4) is 0 Å². The molecule has 1 aromatic carbocycles.